The molecule has 1 atom stereocenters. The second-order valence-electron chi connectivity index (χ2n) is 2.93. The first-order valence-corrected chi connectivity index (χ1v) is 4.53. The lowest BCUT2D eigenvalue weighted by Gasteiger charge is -2.12. The van der Waals surface area contributed by atoms with Crippen LogP contribution < -0.4 is 5.43 Å². The third kappa shape index (κ3) is 6.09. The lowest BCUT2D eigenvalue weighted by Crippen LogP contribution is -2.23. The number of hydrogen-bond donors (Lipinski definition) is 2. The van der Waals surface area contributed by atoms with E-state index in [2.05, 4.69) is 17.6 Å². The van der Waals surface area contributed by atoms with E-state index in [0.717, 1.165) is 32.1 Å². The Morgan fingerprint density at radius 2 is 2.08 bits per heavy atom. The molecule has 12 heavy (non-hydrogen) atoms. The minimum Gasteiger partial charge on any atom is -0.396 e. The predicted molar refractivity (Wildman–Crippen MR) is 48.6 cm³/mol. The van der Waals surface area contributed by atoms with Gasteiger partial charge in [-0.1, -0.05) is 19.8 Å². The number of nitroso groups, excluding NO2 is 1. The van der Waals surface area contributed by atoms with Crippen LogP contribution in [0.4, 0.5) is 0 Å². The van der Waals surface area contributed by atoms with Gasteiger partial charge in [0.05, 0.1) is 0 Å². The molecule has 0 aromatic carbocycles. The molecule has 0 amide bonds. The molecule has 0 spiro atoms. The van der Waals surface area contributed by atoms with Gasteiger partial charge in [0.2, 0.25) is 0 Å². The molecular formula is C8H18N2O2. The summed E-state index contributed by atoms with van der Waals surface area (Å²) in [5.74, 6) is 0. The summed E-state index contributed by atoms with van der Waals surface area (Å²) in [5.41, 5.74) is 2.51. The quantitative estimate of drug-likeness (QED) is 0.434. The van der Waals surface area contributed by atoms with Crippen LogP contribution in [0.15, 0.2) is 5.29 Å². The minimum absolute atomic E-state index is 0.148. The van der Waals surface area contributed by atoms with Crippen LogP contribution in [0.3, 0.4) is 0 Å². The highest BCUT2D eigenvalue weighted by atomic mass is 16.3. The van der Waals surface area contributed by atoms with E-state index < -0.39 is 0 Å². The van der Waals surface area contributed by atoms with Crippen LogP contribution in [-0.4, -0.2) is 17.8 Å². The monoisotopic (exact) mass is 174 g/mol. The summed E-state index contributed by atoms with van der Waals surface area (Å²) in [7, 11) is 0. The van der Waals surface area contributed by atoms with Crippen molar-refractivity contribution in [2.24, 2.45) is 5.29 Å². The Labute approximate surface area is 73.3 Å². The first kappa shape index (κ1) is 11.4. The van der Waals surface area contributed by atoms with E-state index in [1.165, 1.54) is 0 Å². The molecule has 0 aromatic heterocycles. The van der Waals surface area contributed by atoms with Gasteiger partial charge < -0.3 is 5.11 Å². The zero-order valence-corrected chi connectivity index (χ0v) is 7.62. The van der Waals surface area contributed by atoms with Crippen molar-refractivity contribution in [1.29, 1.82) is 0 Å². The fourth-order valence-electron chi connectivity index (χ4n) is 1.14. The van der Waals surface area contributed by atoms with Gasteiger partial charge in [-0.25, -0.2) is 0 Å². The Kier molecular flexibility index (Phi) is 8.01. The van der Waals surface area contributed by atoms with E-state index >= 15 is 0 Å². The van der Waals surface area contributed by atoms with E-state index in [9.17, 15) is 4.91 Å². The van der Waals surface area contributed by atoms with E-state index in [1.54, 1.807) is 0 Å². The van der Waals surface area contributed by atoms with Crippen LogP contribution in [0.25, 0.3) is 0 Å². The number of rotatable bonds is 8. The van der Waals surface area contributed by atoms with Gasteiger partial charge in [-0.15, -0.1) is 4.91 Å². The number of aliphatic hydroxyl groups excluding tert-OH is 1. The molecule has 0 heterocycles. The Balaban J connectivity index is 3.46. The minimum atomic E-state index is 0.148. The van der Waals surface area contributed by atoms with Crippen LogP contribution in [0.2, 0.25) is 0 Å². The molecule has 0 aliphatic carbocycles. The third-order valence-corrected chi connectivity index (χ3v) is 1.85. The normalized spacial score (nSPS) is 12.5. The number of hydrogen-bond acceptors (Lipinski definition) is 3. The zero-order valence-electron chi connectivity index (χ0n) is 7.62. The molecule has 0 radical (unpaired) electrons. The van der Waals surface area contributed by atoms with Gasteiger partial charge in [0, 0.05) is 17.9 Å². The first-order valence-electron chi connectivity index (χ1n) is 4.53. The van der Waals surface area contributed by atoms with Gasteiger partial charge in [0.25, 0.3) is 0 Å². The molecule has 0 fully saturated rings. The van der Waals surface area contributed by atoms with Gasteiger partial charge in [0.1, 0.15) is 0 Å². The lowest BCUT2D eigenvalue weighted by atomic mass is 10.1. The largest absolute Gasteiger partial charge is 0.396 e. The highest BCUT2D eigenvalue weighted by Crippen LogP contribution is 2.06. The topological polar surface area (TPSA) is 61.7 Å². The van der Waals surface area contributed by atoms with Crippen molar-refractivity contribution in [3.05, 3.63) is 4.91 Å². The maximum atomic E-state index is 9.92. The molecule has 0 rings (SSSR count). The third-order valence-electron chi connectivity index (χ3n) is 1.85. The Morgan fingerprint density at radius 3 is 2.58 bits per heavy atom. The molecular weight excluding hydrogens is 156 g/mol. The second kappa shape index (κ2) is 8.46. The van der Waals surface area contributed by atoms with Gasteiger partial charge in [0.15, 0.2) is 0 Å². The predicted octanol–water partition coefficient (Wildman–Crippen LogP) is 1.59. The number of nitrogens with zero attached hydrogens (tertiary/aromatic N) is 1. The fourth-order valence-corrected chi connectivity index (χ4v) is 1.14. The van der Waals surface area contributed by atoms with Crippen molar-refractivity contribution in [3.8, 4) is 0 Å². The average molecular weight is 174 g/mol. The fraction of sp³-hybridized carbons (Fsp3) is 1.00. The molecule has 1 unspecified atom stereocenters. The highest BCUT2D eigenvalue weighted by molar-refractivity contribution is 4.63. The summed E-state index contributed by atoms with van der Waals surface area (Å²) < 4.78 is 0. The molecule has 4 nitrogen and oxygen atoms in total. The van der Waals surface area contributed by atoms with E-state index in [0.29, 0.717) is 0 Å². The van der Waals surface area contributed by atoms with E-state index in [4.69, 9.17) is 5.11 Å². The summed E-state index contributed by atoms with van der Waals surface area (Å²) in [5, 5.41) is 11.2. The highest BCUT2D eigenvalue weighted by Gasteiger charge is 2.05. The van der Waals surface area contributed by atoms with E-state index in [-0.39, 0.29) is 12.6 Å². The van der Waals surface area contributed by atoms with Crippen molar-refractivity contribution in [2.75, 3.05) is 6.61 Å². The summed E-state index contributed by atoms with van der Waals surface area (Å²) in [6.45, 7) is 2.29. The smallest absolute Gasteiger partial charge is 0.0499 e. The van der Waals surface area contributed by atoms with Crippen molar-refractivity contribution in [1.82, 2.24) is 5.43 Å². The molecule has 0 aliphatic rings. The van der Waals surface area contributed by atoms with Crippen molar-refractivity contribution >= 4 is 0 Å². The van der Waals surface area contributed by atoms with Gasteiger partial charge in [-0.3, -0.25) is 5.43 Å². The SMILES string of the molecule is CCCCC(CCCO)NN=O. The molecule has 0 aliphatic heterocycles. The Bertz CT molecular complexity index is 101. The summed E-state index contributed by atoms with van der Waals surface area (Å²) >= 11 is 0. The number of nitrogens with one attached hydrogen (secondary N) is 1. The summed E-state index contributed by atoms with van der Waals surface area (Å²) in [6.07, 6.45) is 4.73. The van der Waals surface area contributed by atoms with Crippen molar-refractivity contribution in [2.45, 2.75) is 45.1 Å². The van der Waals surface area contributed by atoms with Crippen LogP contribution in [-0.2, 0) is 0 Å². The van der Waals surface area contributed by atoms with Crippen LogP contribution in [0.1, 0.15) is 39.0 Å². The van der Waals surface area contributed by atoms with Crippen molar-refractivity contribution < 1.29 is 5.11 Å². The van der Waals surface area contributed by atoms with Gasteiger partial charge in [-0.05, 0) is 19.3 Å². The Hall–Kier alpha value is -0.640. The lowest BCUT2D eigenvalue weighted by molar-refractivity contribution is 0.272. The van der Waals surface area contributed by atoms with Gasteiger partial charge in [-0.2, -0.15) is 0 Å². The molecule has 0 saturated carbocycles. The Morgan fingerprint density at radius 1 is 1.42 bits per heavy atom. The molecule has 4 heteroatoms. The molecule has 0 aromatic rings. The summed E-state index contributed by atoms with van der Waals surface area (Å²) in [4.78, 5) is 9.92. The standard InChI is InChI=1S/C8H18N2O2/c1-2-3-5-8(9-10-12)6-4-7-11/h8,11H,2-7H2,1H3,(H,9,12). The first-order chi connectivity index (χ1) is 5.85. The van der Waals surface area contributed by atoms with E-state index in [1.807, 2.05) is 0 Å². The molecule has 72 valence electrons. The maximum absolute atomic E-state index is 9.92. The van der Waals surface area contributed by atoms with Crippen LogP contribution in [0.5, 0.6) is 0 Å². The van der Waals surface area contributed by atoms with Gasteiger partial charge >= 0.3 is 0 Å². The molecule has 0 bridgehead atoms. The van der Waals surface area contributed by atoms with Crippen LogP contribution >= 0.6 is 0 Å². The number of aliphatic hydroxyl groups is 1. The van der Waals surface area contributed by atoms with Crippen molar-refractivity contribution in [3.63, 3.8) is 0 Å². The average Bonchev–Trinajstić information content (AvgIpc) is 2.10. The second-order valence-corrected chi connectivity index (χ2v) is 2.93. The summed E-state index contributed by atoms with van der Waals surface area (Å²) in [6, 6.07) is 0.148. The van der Waals surface area contributed by atoms with Crippen LogP contribution in [0, 0.1) is 4.91 Å². The maximum Gasteiger partial charge on any atom is 0.0499 e. The number of unbranched alkanes of at least 4 members (excludes halogenated alkanes) is 1. The molecule has 2 N–H and O–H groups in total. The molecule has 0 saturated heterocycles. The zero-order chi connectivity index (χ0) is 9.23.